The highest BCUT2D eigenvalue weighted by Gasteiger charge is 2.09. The molecule has 0 amide bonds. The van der Waals surface area contributed by atoms with Gasteiger partial charge < -0.3 is 4.79 Å². The molecular formula is C18H28N2O5. The maximum Gasteiger partial charge on any atom is 0.246 e. The first-order chi connectivity index (χ1) is 12.0. The van der Waals surface area contributed by atoms with E-state index in [9.17, 15) is 25.0 Å². The maximum absolute atomic E-state index is 11.0. The van der Waals surface area contributed by atoms with Gasteiger partial charge in [0.05, 0.1) is 16.3 Å². The van der Waals surface area contributed by atoms with Gasteiger partial charge >= 0.3 is 0 Å². The molecule has 7 nitrogen and oxygen atoms in total. The minimum absolute atomic E-state index is 0.145. The van der Waals surface area contributed by atoms with Crippen molar-refractivity contribution in [1.82, 2.24) is 0 Å². The zero-order valence-electron chi connectivity index (χ0n) is 14.9. The Labute approximate surface area is 148 Å². The van der Waals surface area contributed by atoms with E-state index in [1.807, 2.05) is 6.92 Å². The summed E-state index contributed by atoms with van der Waals surface area (Å²) in [6, 6.07) is 0. The monoisotopic (exact) mass is 352 g/mol. The molecule has 140 valence electrons. The van der Waals surface area contributed by atoms with Crippen molar-refractivity contribution in [3.8, 4) is 0 Å². The van der Waals surface area contributed by atoms with Gasteiger partial charge in [0, 0.05) is 12.8 Å². The maximum atomic E-state index is 11.0. The lowest BCUT2D eigenvalue weighted by atomic mass is 10.1. The molecule has 7 heteroatoms. The summed E-state index contributed by atoms with van der Waals surface area (Å²) in [5, 5.41) is 21.8. The van der Waals surface area contributed by atoms with Gasteiger partial charge in [0.25, 0.3) is 0 Å². The minimum Gasteiger partial charge on any atom is -0.303 e. The van der Waals surface area contributed by atoms with Crippen LogP contribution in [0.5, 0.6) is 0 Å². The number of nitrogens with zero attached hydrogens (tertiary/aromatic N) is 2. The molecule has 0 radical (unpaired) electrons. The number of allylic oxidation sites excluding steroid dienone is 5. The van der Waals surface area contributed by atoms with Crippen LogP contribution in [0.3, 0.4) is 0 Å². The third kappa shape index (κ3) is 12.7. The summed E-state index contributed by atoms with van der Waals surface area (Å²) >= 11 is 0. The summed E-state index contributed by atoms with van der Waals surface area (Å²) in [4.78, 5) is 31.2. The zero-order valence-corrected chi connectivity index (χ0v) is 14.9. The van der Waals surface area contributed by atoms with Crippen molar-refractivity contribution in [2.75, 3.05) is 0 Å². The molecule has 0 aliphatic carbocycles. The summed E-state index contributed by atoms with van der Waals surface area (Å²) in [7, 11) is 0. The summed E-state index contributed by atoms with van der Waals surface area (Å²) < 4.78 is 0. The number of unbranched alkanes of at least 4 members (excludes halogenated alkanes) is 5. The van der Waals surface area contributed by atoms with Crippen LogP contribution in [-0.2, 0) is 4.79 Å². The Morgan fingerprint density at radius 1 is 0.880 bits per heavy atom. The molecule has 0 aromatic carbocycles. The highest BCUT2D eigenvalue weighted by atomic mass is 16.6. The summed E-state index contributed by atoms with van der Waals surface area (Å²) in [6.07, 6.45) is 14.2. The van der Waals surface area contributed by atoms with Gasteiger partial charge in [-0.1, -0.05) is 38.3 Å². The molecule has 0 atom stereocenters. The first kappa shape index (κ1) is 22.7. The summed E-state index contributed by atoms with van der Waals surface area (Å²) in [5.74, 6) is 0. The fourth-order valence-corrected chi connectivity index (χ4v) is 2.30. The number of hydrogen-bond donors (Lipinski definition) is 0. The van der Waals surface area contributed by atoms with E-state index in [1.54, 1.807) is 24.3 Å². The Hall–Kier alpha value is -2.31. The Kier molecular flexibility index (Phi) is 13.8. The molecule has 25 heavy (non-hydrogen) atoms. The molecule has 0 aromatic heterocycles. The largest absolute Gasteiger partial charge is 0.303 e. The van der Waals surface area contributed by atoms with Crippen LogP contribution in [-0.4, -0.2) is 16.1 Å². The SMILES string of the molecule is CC/C=C(/C/C=C/C/C=C(/CCCCCCCC=O)[N+](=O)[O-])[N+](=O)[O-]. The average molecular weight is 352 g/mol. The van der Waals surface area contributed by atoms with Gasteiger partial charge in [-0.2, -0.15) is 0 Å². The fourth-order valence-electron chi connectivity index (χ4n) is 2.30. The van der Waals surface area contributed by atoms with E-state index < -0.39 is 4.92 Å². The number of aldehydes is 1. The van der Waals surface area contributed by atoms with E-state index in [1.165, 1.54) is 0 Å². The fraction of sp³-hybridized carbons (Fsp3) is 0.611. The van der Waals surface area contributed by atoms with Crippen molar-refractivity contribution >= 4 is 6.29 Å². The number of carbonyl (C=O) groups excluding carboxylic acids is 1. The Balaban J connectivity index is 4.20. The average Bonchev–Trinajstić information content (AvgIpc) is 2.57. The molecule has 0 saturated carbocycles. The van der Waals surface area contributed by atoms with Gasteiger partial charge in [0.2, 0.25) is 11.4 Å². The Morgan fingerprint density at radius 2 is 1.52 bits per heavy atom. The second-order valence-electron chi connectivity index (χ2n) is 5.70. The van der Waals surface area contributed by atoms with Crippen LogP contribution in [0, 0.1) is 20.2 Å². The smallest absolute Gasteiger partial charge is 0.246 e. The van der Waals surface area contributed by atoms with Crippen molar-refractivity contribution < 1.29 is 14.6 Å². The van der Waals surface area contributed by atoms with Crippen molar-refractivity contribution in [3.63, 3.8) is 0 Å². The number of hydrogen-bond acceptors (Lipinski definition) is 5. The van der Waals surface area contributed by atoms with Gasteiger partial charge in [0.15, 0.2) is 0 Å². The topological polar surface area (TPSA) is 103 Å². The highest BCUT2D eigenvalue weighted by molar-refractivity contribution is 5.48. The van der Waals surface area contributed by atoms with Gasteiger partial charge in [-0.25, -0.2) is 0 Å². The van der Waals surface area contributed by atoms with Gasteiger partial charge in [-0.3, -0.25) is 20.2 Å². The second-order valence-corrected chi connectivity index (χ2v) is 5.70. The molecule has 0 aliphatic rings. The lowest BCUT2D eigenvalue weighted by Gasteiger charge is -2.00. The zero-order chi connectivity index (χ0) is 18.9. The van der Waals surface area contributed by atoms with Crippen LogP contribution in [0.2, 0.25) is 0 Å². The van der Waals surface area contributed by atoms with Crippen molar-refractivity contribution in [1.29, 1.82) is 0 Å². The quantitative estimate of drug-likeness (QED) is 0.136. The summed E-state index contributed by atoms with van der Waals surface area (Å²) in [5.41, 5.74) is 0.336. The Bertz CT molecular complexity index is 510. The minimum atomic E-state index is -0.402. The first-order valence-corrected chi connectivity index (χ1v) is 8.78. The van der Waals surface area contributed by atoms with Crippen LogP contribution < -0.4 is 0 Å². The van der Waals surface area contributed by atoms with E-state index in [0.717, 1.165) is 38.4 Å². The number of rotatable bonds is 15. The predicted octanol–water partition coefficient (Wildman–Crippen LogP) is 4.98. The molecule has 0 saturated heterocycles. The molecule has 0 heterocycles. The van der Waals surface area contributed by atoms with Gasteiger partial charge in [-0.05, 0) is 37.8 Å². The first-order valence-electron chi connectivity index (χ1n) is 8.78. The predicted molar refractivity (Wildman–Crippen MR) is 97.2 cm³/mol. The summed E-state index contributed by atoms with van der Waals surface area (Å²) in [6.45, 7) is 1.83. The van der Waals surface area contributed by atoms with E-state index >= 15 is 0 Å². The second kappa shape index (κ2) is 15.2. The molecule has 0 aromatic rings. The highest BCUT2D eigenvalue weighted by Crippen LogP contribution is 2.13. The van der Waals surface area contributed by atoms with E-state index in [2.05, 4.69) is 0 Å². The molecule has 0 rings (SSSR count). The lowest BCUT2D eigenvalue weighted by Crippen LogP contribution is -1.99. The van der Waals surface area contributed by atoms with E-state index in [-0.39, 0.29) is 22.7 Å². The molecular weight excluding hydrogens is 324 g/mol. The number of carbonyl (C=O) groups is 1. The third-order valence-corrected chi connectivity index (χ3v) is 3.65. The van der Waals surface area contributed by atoms with E-state index in [0.29, 0.717) is 25.7 Å². The van der Waals surface area contributed by atoms with Crippen LogP contribution in [0.1, 0.15) is 71.1 Å². The van der Waals surface area contributed by atoms with Gasteiger partial charge in [0.1, 0.15) is 6.29 Å². The molecule has 0 aliphatic heterocycles. The van der Waals surface area contributed by atoms with Crippen molar-refractivity contribution in [3.05, 3.63) is 55.9 Å². The third-order valence-electron chi connectivity index (χ3n) is 3.65. The van der Waals surface area contributed by atoms with Gasteiger partial charge in [-0.15, -0.1) is 0 Å². The Morgan fingerprint density at radius 3 is 2.12 bits per heavy atom. The normalized spacial score (nSPS) is 12.5. The van der Waals surface area contributed by atoms with Crippen LogP contribution in [0.25, 0.3) is 0 Å². The van der Waals surface area contributed by atoms with Crippen LogP contribution >= 0.6 is 0 Å². The lowest BCUT2D eigenvalue weighted by molar-refractivity contribution is -0.428. The molecule has 0 fully saturated rings. The van der Waals surface area contributed by atoms with Crippen molar-refractivity contribution in [2.24, 2.45) is 0 Å². The molecule has 0 N–H and O–H groups in total. The molecule has 0 spiro atoms. The van der Waals surface area contributed by atoms with Crippen LogP contribution in [0.4, 0.5) is 0 Å². The van der Waals surface area contributed by atoms with Crippen LogP contribution in [0.15, 0.2) is 35.7 Å². The molecule has 0 unspecified atom stereocenters. The standard InChI is InChI=1S/C18H28N2O5/c1-2-12-17(19(22)23)13-9-7-10-15-18(20(24)25)14-8-5-3-4-6-11-16-21/h7,9,12,15-16H,2-6,8,10-11,13-14H2,1H3/b9-7+,17-12-,18-15-. The number of nitro groups is 2. The van der Waals surface area contributed by atoms with Crippen molar-refractivity contribution in [2.45, 2.75) is 71.1 Å². The molecule has 0 bridgehead atoms. The van der Waals surface area contributed by atoms with E-state index in [4.69, 9.17) is 0 Å².